The summed E-state index contributed by atoms with van der Waals surface area (Å²) in [6.45, 7) is 6.13. The van der Waals surface area contributed by atoms with Crippen molar-refractivity contribution in [2.75, 3.05) is 39.8 Å². The fourth-order valence-electron chi connectivity index (χ4n) is 2.89. The second-order valence-electron chi connectivity index (χ2n) is 6.13. The van der Waals surface area contributed by atoms with E-state index in [-0.39, 0.29) is 29.9 Å². The third kappa shape index (κ3) is 7.80. The number of nitrogens with one attached hydrogen (secondary N) is 2. The number of carbonyl (C=O) groups excluding carboxylic acids is 1. The van der Waals surface area contributed by atoms with Crippen LogP contribution in [0.4, 0.5) is 0 Å². The van der Waals surface area contributed by atoms with Gasteiger partial charge in [-0.1, -0.05) is 12.1 Å². The summed E-state index contributed by atoms with van der Waals surface area (Å²) in [5, 5.41) is 6.62. The lowest BCUT2D eigenvalue weighted by atomic mass is 10.1. The lowest BCUT2D eigenvalue weighted by Crippen LogP contribution is -2.38. The number of amides is 1. The van der Waals surface area contributed by atoms with Crippen molar-refractivity contribution in [2.45, 2.75) is 32.6 Å². The normalized spacial score (nSPS) is 14.2. The first-order chi connectivity index (χ1) is 12.2. The average Bonchev–Trinajstić information content (AvgIpc) is 3.04. The number of methoxy groups -OCH3 is 1. The minimum absolute atomic E-state index is 0. The van der Waals surface area contributed by atoms with Crippen molar-refractivity contribution in [1.29, 1.82) is 0 Å². The van der Waals surface area contributed by atoms with Crippen LogP contribution < -0.4 is 15.4 Å². The van der Waals surface area contributed by atoms with Gasteiger partial charge in [0.1, 0.15) is 5.75 Å². The second kappa shape index (κ2) is 12.8. The van der Waals surface area contributed by atoms with E-state index in [0.29, 0.717) is 6.42 Å². The Labute approximate surface area is 173 Å². The first kappa shape index (κ1) is 22.5. The molecule has 0 aromatic heterocycles. The molecule has 2 rings (SSSR count). The van der Waals surface area contributed by atoms with Crippen molar-refractivity contribution in [3.63, 3.8) is 0 Å². The molecule has 1 aromatic rings. The van der Waals surface area contributed by atoms with Crippen LogP contribution in [0.15, 0.2) is 29.3 Å². The highest BCUT2D eigenvalue weighted by atomic mass is 127. The smallest absolute Gasteiger partial charge is 0.222 e. The van der Waals surface area contributed by atoms with Gasteiger partial charge in [0, 0.05) is 39.1 Å². The van der Waals surface area contributed by atoms with E-state index in [9.17, 15) is 4.79 Å². The quantitative estimate of drug-likeness (QED) is 0.250. The number of aliphatic imine (C=N–C) groups is 1. The van der Waals surface area contributed by atoms with Crippen LogP contribution in [-0.2, 0) is 11.2 Å². The monoisotopic (exact) mass is 474 g/mol. The van der Waals surface area contributed by atoms with Gasteiger partial charge < -0.3 is 20.3 Å². The van der Waals surface area contributed by atoms with E-state index in [1.807, 2.05) is 17.0 Å². The first-order valence-corrected chi connectivity index (χ1v) is 9.16. The predicted molar refractivity (Wildman–Crippen MR) is 117 cm³/mol. The molecule has 1 aliphatic heterocycles. The number of ether oxygens (including phenoxy) is 1. The number of hydrogen-bond acceptors (Lipinski definition) is 3. The highest BCUT2D eigenvalue weighted by Gasteiger charge is 2.18. The highest BCUT2D eigenvalue weighted by Crippen LogP contribution is 2.12. The summed E-state index contributed by atoms with van der Waals surface area (Å²) >= 11 is 0. The van der Waals surface area contributed by atoms with Crippen LogP contribution in [0.25, 0.3) is 0 Å². The molecule has 1 saturated heterocycles. The van der Waals surface area contributed by atoms with Gasteiger partial charge in [-0.25, -0.2) is 0 Å². The first-order valence-electron chi connectivity index (χ1n) is 9.16. The molecule has 1 fully saturated rings. The van der Waals surface area contributed by atoms with Crippen molar-refractivity contribution in [1.82, 2.24) is 15.5 Å². The third-order valence-corrected chi connectivity index (χ3v) is 4.21. The Morgan fingerprint density at radius 3 is 2.88 bits per heavy atom. The molecule has 0 aliphatic carbocycles. The van der Waals surface area contributed by atoms with E-state index in [4.69, 9.17) is 4.74 Å². The molecule has 2 N–H and O–H groups in total. The highest BCUT2D eigenvalue weighted by molar-refractivity contribution is 14.0. The van der Waals surface area contributed by atoms with Gasteiger partial charge in [0.25, 0.3) is 0 Å². The van der Waals surface area contributed by atoms with Crippen molar-refractivity contribution >= 4 is 35.8 Å². The molecular weight excluding hydrogens is 443 g/mol. The molecule has 7 heteroatoms. The topological polar surface area (TPSA) is 66.0 Å². The largest absolute Gasteiger partial charge is 0.497 e. The zero-order valence-corrected chi connectivity index (χ0v) is 18.1. The number of likely N-dealkylation sites (tertiary alicyclic amines) is 1. The number of benzene rings is 1. The van der Waals surface area contributed by atoms with E-state index in [2.05, 4.69) is 34.7 Å². The molecule has 1 aliphatic rings. The van der Waals surface area contributed by atoms with Crippen LogP contribution >= 0.6 is 24.0 Å². The van der Waals surface area contributed by atoms with E-state index >= 15 is 0 Å². The van der Waals surface area contributed by atoms with E-state index < -0.39 is 0 Å². The Morgan fingerprint density at radius 1 is 1.35 bits per heavy atom. The average molecular weight is 474 g/mol. The van der Waals surface area contributed by atoms with Crippen molar-refractivity contribution in [2.24, 2.45) is 4.99 Å². The van der Waals surface area contributed by atoms with Gasteiger partial charge in [-0.15, -0.1) is 24.0 Å². The molecule has 0 unspecified atom stereocenters. The molecule has 1 heterocycles. The molecular formula is C19H31IN4O2. The Bertz CT molecular complexity index is 580. The Kier molecular flexibility index (Phi) is 11.1. The third-order valence-electron chi connectivity index (χ3n) is 4.21. The summed E-state index contributed by atoms with van der Waals surface area (Å²) in [4.78, 5) is 18.1. The minimum Gasteiger partial charge on any atom is -0.497 e. The van der Waals surface area contributed by atoms with Gasteiger partial charge in [0.15, 0.2) is 5.96 Å². The number of nitrogens with zero attached hydrogens (tertiary/aromatic N) is 2. The van der Waals surface area contributed by atoms with Gasteiger partial charge in [-0.05, 0) is 43.9 Å². The molecule has 0 bridgehead atoms. The lowest BCUT2D eigenvalue weighted by molar-refractivity contribution is -0.127. The molecule has 146 valence electrons. The van der Waals surface area contributed by atoms with Crippen LogP contribution in [-0.4, -0.2) is 56.6 Å². The molecule has 26 heavy (non-hydrogen) atoms. The van der Waals surface area contributed by atoms with Gasteiger partial charge in [0.05, 0.1) is 7.11 Å². The van der Waals surface area contributed by atoms with Crippen molar-refractivity contribution in [3.05, 3.63) is 29.8 Å². The fourth-order valence-corrected chi connectivity index (χ4v) is 2.89. The summed E-state index contributed by atoms with van der Waals surface area (Å²) in [6, 6.07) is 8.11. The molecule has 6 nitrogen and oxygen atoms in total. The molecule has 1 aromatic carbocycles. The number of carbonyl (C=O) groups is 1. The van der Waals surface area contributed by atoms with Gasteiger partial charge in [-0.2, -0.15) is 0 Å². The maximum atomic E-state index is 11.6. The van der Waals surface area contributed by atoms with Crippen LogP contribution in [0.2, 0.25) is 0 Å². The summed E-state index contributed by atoms with van der Waals surface area (Å²) in [6.07, 6.45) is 3.51. The maximum Gasteiger partial charge on any atom is 0.222 e. The number of hydrogen-bond donors (Lipinski definition) is 2. The summed E-state index contributed by atoms with van der Waals surface area (Å²) in [5.41, 5.74) is 1.23. The Balaban J connectivity index is 0.00000338. The SMILES string of the molecule is CCNC(=NCCCN1CCCC1=O)NCCc1cccc(OC)c1.I. The molecule has 1 amide bonds. The zero-order valence-electron chi connectivity index (χ0n) is 15.8. The predicted octanol–water partition coefficient (Wildman–Crippen LogP) is 2.42. The van der Waals surface area contributed by atoms with Crippen LogP contribution in [0.1, 0.15) is 31.7 Å². The van der Waals surface area contributed by atoms with E-state index in [0.717, 1.165) is 63.7 Å². The van der Waals surface area contributed by atoms with E-state index in [1.54, 1.807) is 7.11 Å². The summed E-state index contributed by atoms with van der Waals surface area (Å²) < 4.78 is 5.25. The molecule has 0 radical (unpaired) electrons. The zero-order chi connectivity index (χ0) is 17.9. The fraction of sp³-hybridized carbons (Fsp3) is 0.579. The minimum atomic E-state index is 0. The van der Waals surface area contributed by atoms with Crippen LogP contribution in [0.5, 0.6) is 5.75 Å². The number of rotatable bonds is 9. The van der Waals surface area contributed by atoms with Gasteiger partial charge in [0.2, 0.25) is 5.91 Å². The summed E-state index contributed by atoms with van der Waals surface area (Å²) in [5.74, 6) is 2.00. The van der Waals surface area contributed by atoms with E-state index in [1.165, 1.54) is 5.56 Å². The van der Waals surface area contributed by atoms with Gasteiger partial charge in [-0.3, -0.25) is 9.79 Å². The number of guanidine groups is 1. The standard InChI is InChI=1S/C19H30N4O2.HI/c1-3-20-19(21-11-6-14-23-13-5-9-18(23)24)22-12-10-16-7-4-8-17(15-16)25-2;/h4,7-8,15H,3,5-6,9-14H2,1-2H3,(H2,20,21,22);1H. The lowest BCUT2D eigenvalue weighted by Gasteiger charge is -2.15. The summed E-state index contributed by atoms with van der Waals surface area (Å²) in [7, 11) is 1.68. The van der Waals surface area contributed by atoms with Crippen LogP contribution in [0, 0.1) is 0 Å². The van der Waals surface area contributed by atoms with Crippen molar-refractivity contribution < 1.29 is 9.53 Å². The Hall–Kier alpha value is -1.51. The molecule has 0 atom stereocenters. The Morgan fingerprint density at radius 2 is 2.19 bits per heavy atom. The van der Waals surface area contributed by atoms with Crippen molar-refractivity contribution in [3.8, 4) is 5.75 Å². The molecule has 0 saturated carbocycles. The molecule has 0 spiro atoms. The number of halogens is 1. The maximum absolute atomic E-state index is 11.6. The van der Waals surface area contributed by atoms with Crippen LogP contribution in [0.3, 0.4) is 0 Å². The van der Waals surface area contributed by atoms with Gasteiger partial charge >= 0.3 is 0 Å². The second-order valence-corrected chi connectivity index (χ2v) is 6.13.